The Balaban J connectivity index is 0.00000242. The summed E-state index contributed by atoms with van der Waals surface area (Å²) in [7, 11) is 2.08. The zero-order valence-corrected chi connectivity index (χ0v) is 14.4. The third-order valence-electron chi connectivity index (χ3n) is 3.70. The molecule has 4 nitrogen and oxygen atoms in total. The number of benzene rings is 1. The number of carbonyl (C=O) groups excluding carboxylic acids is 1. The van der Waals surface area contributed by atoms with Crippen LogP contribution in [0.15, 0.2) is 30.3 Å². The average Bonchev–Trinajstić information content (AvgIpc) is 3.23. The number of amides is 1. The fourth-order valence-corrected chi connectivity index (χ4v) is 2.51. The van der Waals surface area contributed by atoms with Crippen LogP contribution in [0.2, 0.25) is 0 Å². The molecule has 1 aliphatic rings. The Morgan fingerprint density at radius 3 is 2.64 bits per heavy atom. The number of nitrogens with zero attached hydrogens (tertiary/aromatic N) is 1. The standard InChI is InChI=1S/C17H27N3O.ClH/c1-14(19-17(21)11-18-10-15-8-9-15)12-20(2)13-16-6-4-3-5-7-16;/h3-7,14-15,18H,8-13H2,1-2H3,(H,19,21);1H. The average molecular weight is 326 g/mol. The molecule has 0 aromatic heterocycles. The number of hydrogen-bond acceptors (Lipinski definition) is 3. The number of carbonyl (C=O) groups is 1. The molecule has 1 aliphatic carbocycles. The van der Waals surface area contributed by atoms with E-state index in [4.69, 9.17) is 0 Å². The molecule has 1 unspecified atom stereocenters. The van der Waals surface area contributed by atoms with Crippen LogP contribution in [0.25, 0.3) is 0 Å². The minimum atomic E-state index is 0. The van der Waals surface area contributed by atoms with E-state index in [-0.39, 0.29) is 24.4 Å². The van der Waals surface area contributed by atoms with Crippen LogP contribution in [0.4, 0.5) is 0 Å². The SMILES string of the molecule is CC(CN(C)Cc1ccccc1)NC(=O)CNCC1CC1.Cl. The number of rotatable bonds is 9. The van der Waals surface area contributed by atoms with E-state index >= 15 is 0 Å². The number of hydrogen-bond donors (Lipinski definition) is 2. The molecule has 1 atom stereocenters. The second-order valence-corrected chi connectivity index (χ2v) is 6.23. The molecule has 124 valence electrons. The Kier molecular flexibility index (Phi) is 8.46. The minimum Gasteiger partial charge on any atom is -0.351 e. The van der Waals surface area contributed by atoms with Crippen molar-refractivity contribution in [2.45, 2.75) is 32.4 Å². The molecule has 1 aromatic carbocycles. The van der Waals surface area contributed by atoms with E-state index in [1.165, 1.54) is 18.4 Å². The molecule has 2 N–H and O–H groups in total. The summed E-state index contributed by atoms with van der Waals surface area (Å²) in [6.45, 7) is 5.23. The predicted octanol–water partition coefficient (Wildman–Crippen LogP) is 2.04. The van der Waals surface area contributed by atoms with Crippen molar-refractivity contribution in [1.29, 1.82) is 0 Å². The largest absolute Gasteiger partial charge is 0.351 e. The molecule has 0 saturated heterocycles. The smallest absolute Gasteiger partial charge is 0.234 e. The van der Waals surface area contributed by atoms with Gasteiger partial charge in [-0.3, -0.25) is 4.79 Å². The first kappa shape index (κ1) is 18.9. The molecule has 2 rings (SSSR count). The molecule has 0 heterocycles. The van der Waals surface area contributed by atoms with Gasteiger partial charge in [-0.25, -0.2) is 0 Å². The van der Waals surface area contributed by atoms with Gasteiger partial charge in [0.15, 0.2) is 0 Å². The highest BCUT2D eigenvalue weighted by atomic mass is 35.5. The Hall–Kier alpha value is -1.10. The maximum absolute atomic E-state index is 11.8. The Labute approximate surface area is 140 Å². The quantitative estimate of drug-likeness (QED) is 0.730. The van der Waals surface area contributed by atoms with Crippen molar-refractivity contribution in [3.63, 3.8) is 0 Å². The second kappa shape index (κ2) is 9.82. The first-order chi connectivity index (χ1) is 10.1. The van der Waals surface area contributed by atoms with Gasteiger partial charge < -0.3 is 15.5 Å². The molecular formula is C17H28ClN3O. The van der Waals surface area contributed by atoms with E-state index in [1.807, 2.05) is 6.07 Å². The number of halogens is 1. The van der Waals surface area contributed by atoms with Gasteiger partial charge in [-0.15, -0.1) is 12.4 Å². The molecule has 0 spiro atoms. The van der Waals surface area contributed by atoms with Gasteiger partial charge in [0.05, 0.1) is 6.54 Å². The normalized spacial score (nSPS) is 15.2. The fourth-order valence-electron chi connectivity index (χ4n) is 2.51. The van der Waals surface area contributed by atoms with Crippen molar-refractivity contribution in [1.82, 2.24) is 15.5 Å². The van der Waals surface area contributed by atoms with Crippen LogP contribution in [-0.2, 0) is 11.3 Å². The lowest BCUT2D eigenvalue weighted by atomic mass is 10.2. The Morgan fingerprint density at radius 2 is 2.00 bits per heavy atom. The van der Waals surface area contributed by atoms with Crippen LogP contribution < -0.4 is 10.6 Å². The van der Waals surface area contributed by atoms with Gasteiger partial charge in [0, 0.05) is 19.1 Å². The van der Waals surface area contributed by atoms with Crippen LogP contribution >= 0.6 is 12.4 Å². The van der Waals surface area contributed by atoms with E-state index in [0.717, 1.165) is 25.6 Å². The third kappa shape index (κ3) is 7.78. The number of nitrogens with one attached hydrogen (secondary N) is 2. The van der Waals surface area contributed by atoms with E-state index in [2.05, 4.69) is 53.8 Å². The maximum atomic E-state index is 11.8. The van der Waals surface area contributed by atoms with Crippen molar-refractivity contribution in [2.24, 2.45) is 5.92 Å². The maximum Gasteiger partial charge on any atom is 0.234 e. The minimum absolute atomic E-state index is 0. The van der Waals surface area contributed by atoms with Crippen LogP contribution in [-0.4, -0.2) is 43.5 Å². The summed E-state index contributed by atoms with van der Waals surface area (Å²) in [6.07, 6.45) is 2.63. The van der Waals surface area contributed by atoms with E-state index in [1.54, 1.807) is 0 Å². The molecule has 1 amide bonds. The molecule has 0 aliphatic heterocycles. The molecule has 5 heteroatoms. The molecule has 1 fully saturated rings. The van der Waals surface area contributed by atoms with E-state index in [0.29, 0.717) is 6.54 Å². The summed E-state index contributed by atoms with van der Waals surface area (Å²) in [5.41, 5.74) is 1.30. The van der Waals surface area contributed by atoms with Gasteiger partial charge in [0.2, 0.25) is 5.91 Å². The highest BCUT2D eigenvalue weighted by Gasteiger charge is 2.20. The lowest BCUT2D eigenvalue weighted by Crippen LogP contribution is -2.44. The van der Waals surface area contributed by atoms with Gasteiger partial charge in [-0.2, -0.15) is 0 Å². The van der Waals surface area contributed by atoms with Crippen LogP contribution in [0.3, 0.4) is 0 Å². The first-order valence-corrected chi connectivity index (χ1v) is 7.86. The van der Waals surface area contributed by atoms with Crippen LogP contribution in [0.5, 0.6) is 0 Å². The molecule has 22 heavy (non-hydrogen) atoms. The van der Waals surface area contributed by atoms with E-state index < -0.39 is 0 Å². The van der Waals surface area contributed by atoms with E-state index in [9.17, 15) is 4.79 Å². The topological polar surface area (TPSA) is 44.4 Å². The van der Waals surface area contributed by atoms with Gasteiger partial charge >= 0.3 is 0 Å². The summed E-state index contributed by atoms with van der Waals surface area (Å²) in [4.78, 5) is 14.0. The lowest BCUT2D eigenvalue weighted by Gasteiger charge is -2.22. The fraction of sp³-hybridized carbons (Fsp3) is 0.588. The molecular weight excluding hydrogens is 298 g/mol. The van der Waals surface area contributed by atoms with Crippen molar-refractivity contribution >= 4 is 18.3 Å². The Bertz CT molecular complexity index is 437. The summed E-state index contributed by atoms with van der Waals surface area (Å²) < 4.78 is 0. The van der Waals surface area contributed by atoms with Crippen molar-refractivity contribution in [3.8, 4) is 0 Å². The molecule has 1 aromatic rings. The van der Waals surface area contributed by atoms with Gasteiger partial charge in [-0.1, -0.05) is 30.3 Å². The summed E-state index contributed by atoms with van der Waals surface area (Å²) in [6, 6.07) is 10.6. The molecule has 0 bridgehead atoms. The predicted molar refractivity (Wildman–Crippen MR) is 93.2 cm³/mol. The van der Waals surface area contributed by atoms with Gasteiger partial charge in [-0.05, 0) is 44.8 Å². The van der Waals surface area contributed by atoms with Crippen LogP contribution in [0.1, 0.15) is 25.3 Å². The monoisotopic (exact) mass is 325 g/mol. The highest BCUT2D eigenvalue weighted by Crippen LogP contribution is 2.27. The van der Waals surface area contributed by atoms with Gasteiger partial charge in [0.1, 0.15) is 0 Å². The van der Waals surface area contributed by atoms with Gasteiger partial charge in [0.25, 0.3) is 0 Å². The zero-order chi connectivity index (χ0) is 15.1. The van der Waals surface area contributed by atoms with Crippen molar-refractivity contribution < 1.29 is 4.79 Å². The second-order valence-electron chi connectivity index (χ2n) is 6.23. The Morgan fingerprint density at radius 1 is 1.32 bits per heavy atom. The van der Waals surface area contributed by atoms with Crippen molar-refractivity contribution in [2.75, 3.05) is 26.7 Å². The van der Waals surface area contributed by atoms with Crippen molar-refractivity contribution in [3.05, 3.63) is 35.9 Å². The summed E-state index contributed by atoms with van der Waals surface area (Å²) >= 11 is 0. The molecule has 0 radical (unpaired) electrons. The third-order valence-corrected chi connectivity index (χ3v) is 3.70. The summed E-state index contributed by atoms with van der Waals surface area (Å²) in [5, 5.41) is 6.27. The zero-order valence-electron chi connectivity index (χ0n) is 13.5. The highest BCUT2D eigenvalue weighted by molar-refractivity contribution is 5.85. The molecule has 1 saturated carbocycles. The summed E-state index contributed by atoms with van der Waals surface area (Å²) in [5.74, 6) is 0.906. The number of likely N-dealkylation sites (N-methyl/N-ethyl adjacent to an activating group) is 1. The lowest BCUT2D eigenvalue weighted by molar-refractivity contribution is -0.120. The van der Waals surface area contributed by atoms with Crippen LogP contribution in [0, 0.1) is 5.92 Å². The first-order valence-electron chi connectivity index (χ1n) is 7.86.